The molecule has 1 aromatic carbocycles. The molecule has 146 valence electrons. The highest BCUT2D eigenvalue weighted by molar-refractivity contribution is 5.98. The molecule has 0 saturated carbocycles. The lowest BCUT2D eigenvalue weighted by molar-refractivity contribution is -0.139. The molecule has 2 saturated heterocycles. The van der Waals surface area contributed by atoms with Gasteiger partial charge in [-0.3, -0.25) is 14.6 Å². The minimum absolute atomic E-state index is 0.0372. The second kappa shape index (κ2) is 8.39. The molecule has 1 aromatic heterocycles. The zero-order chi connectivity index (χ0) is 19.3. The third kappa shape index (κ3) is 3.99. The molecular weight excluding hydrogens is 358 g/mol. The van der Waals surface area contributed by atoms with Crippen LogP contribution in [0.4, 0.5) is 0 Å². The van der Waals surface area contributed by atoms with Crippen LogP contribution in [0.1, 0.15) is 16.8 Å². The summed E-state index contributed by atoms with van der Waals surface area (Å²) in [6.07, 6.45) is 3.52. The molecule has 3 heterocycles. The van der Waals surface area contributed by atoms with Crippen LogP contribution < -0.4 is 4.74 Å². The van der Waals surface area contributed by atoms with Gasteiger partial charge in [0.25, 0.3) is 5.91 Å². The van der Waals surface area contributed by atoms with E-state index in [0.29, 0.717) is 50.6 Å². The highest BCUT2D eigenvalue weighted by Gasteiger charge is 2.42. The number of hydrogen-bond donors (Lipinski definition) is 0. The van der Waals surface area contributed by atoms with Gasteiger partial charge < -0.3 is 19.3 Å². The van der Waals surface area contributed by atoms with Crippen molar-refractivity contribution in [2.75, 3.05) is 32.8 Å². The van der Waals surface area contributed by atoms with Crippen molar-refractivity contribution in [3.63, 3.8) is 0 Å². The summed E-state index contributed by atoms with van der Waals surface area (Å²) < 4.78 is 11.4. The Hall–Kier alpha value is -2.93. The van der Waals surface area contributed by atoms with E-state index in [2.05, 4.69) is 4.98 Å². The van der Waals surface area contributed by atoms with Crippen molar-refractivity contribution < 1.29 is 19.1 Å². The van der Waals surface area contributed by atoms with E-state index >= 15 is 0 Å². The zero-order valence-corrected chi connectivity index (χ0v) is 15.6. The van der Waals surface area contributed by atoms with Gasteiger partial charge in [-0.15, -0.1) is 0 Å². The zero-order valence-electron chi connectivity index (χ0n) is 15.6. The summed E-state index contributed by atoms with van der Waals surface area (Å²) in [5.74, 6) is 0.452. The second-order valence-electron chi connectivity index (χ2n) is 6.94. The standard InChI is InChI=1S/C21H23N3O4/c25-20(16-5-2-1-3-6-16)24-15-18(28-17-7-4-8-22-14-17)13-19(24)21(26)23-9-11-27-12-10-23/h1-8,14,18-19H,9-13,15H2/t18-,19+/m0/s1. The third-order valence-corrected chi connectivity index (χ3v) is 5.09. The van der Waals surface area contributed by atoms with E-state index in [-0.39, 0.29) is 17.9 Å². The SMILES string of the molecule is O=C([C@H]1C[C@H](Oc2cccnc2)CN1C(=O)c1ccccc1)N1CCOCC1. The summed E-state index contributed by atoms with van der Waals surface area (Å²) in [5.41, 5.74) is 0.573. The summed E-state index contributed by atoms with van der Waals surface area (Å²) in [6, 6.07) is 12.2. The number of morpholine rings is 1. The number of carbonyl (C=O) groups is 2. The molecule has 0 spiro atoms. The van der Waals surface area contributed by atoms with Crippen LogP contribution in [0.5, 0.6) is 5.75 Å². The molecule has 4 rings (SSSR count). The second-order valence-corrected chi connectivity index (χ2v) is 6.94. The van der Waals surface area contributed by atoms with E-state index in [1.165, 1.54) is 0 Å². The predicted octanol–water partition coefficient (Wildman–Crippen LogP) is 1.60. The van der Waals surface area contributed by atoms with Gasteiger partial charge in [-0.1, -0.05) is 18.2 Å². The molecule has 2 atom stereocenters. The fourth-order valence-electron chi connectivity index (χ4n) is 3.69. The topological polar surface area (TPSA) is 72.0 Å². The molecule has 2 aliphatic rings. The Labute approximate surface area is 163 Å². The average molecular weight is 381 g/mol. The van der Waals surface area contributed by atoms with Gasteiger partial charge in [0, 0.05) is 31.3 Å². The van der Waals surface area contributed by atoms with Crippen LogP contribution in [-0.4, -0.2) is 71.6 Å². The number of aromatic nitrogens is 1. The molecule has 0 N–H and O–H groups in total. The molecule has 2 aliphatic heterocycles. The van der Waals surface area contributed by atoms with Gasteiger partial charge in [0.15, 0.2) is 0 Å². The van der Waals surface area contributed by atoms with E-state index in [4.69, 9.17) is 9.47 Å². The lowest BCUT2D eigenvalue weighted by Crippen LogP contribution is -2.51. The van der Waals surface area contributed by atoms with Gasteiger partial charge in [-0.25, -0.2) is 0 Å². The molecule has 0 unspecified atom stereocenters. The van der Waals surface area contributed by atoms with E-state index < -0.39 is 6.04 Å². The van der Waals surface area contributed by atoms with E-state index in [9.17, 15) is 9.59 Å². The maximum absolute atomic E-state index is 13.2. The first-order valence-corrected chi connectivity index (χ1v) is 9.51. The Kier molecular flexibility index (Phi) is 5.53. The first-order valence-electron chi connectivity index (χ1n) is 9.51. The van der Waals surface area contributed by atoms with Crippen LogP contribution >= 0.6 is 0 Å². The Balaban J connectivity index is 1.54. The molecule has 0 bridgehead atoms. The van der Waals surface area contributed by atoms with E-state index in [1.807, 2.05) is 24.3 Å². The van der Waals surface area contributed by atoms with E-state index in [0.717, 1.165) is 0 Å². The van der Waals surface area contributed by atoms with Gasteiger partial charge in [0.05, 0.1) is 26.0 Å². The molecule has 0 radical (unpaired) electrons. The Morgan fingerprint density at radius 3 is 2.57 bits per heavy atom. The molecule has 2 aromatic rings. The quantitative estimate of drug-likeness (QED) is 0.805. The summed E-state index contributed by atoms with van der Waals surface area (Å²) >= 11 is 0. The third-order valence-electron chi connectivity index (χ3n) is 5.09. The fraction of sp³-hybridized carbons (Fsp3) is 0.381. The van der Waals surface area contributed by atoms with Crippen LogP contribution in [0.15, 0.2) is 54.9 Å². The van der Waals surface area contributed by atoms with Crippen molar-refractivity contribution in [3.8, 4) is 5.75 Å². The Morgan fingerprint density at radius 1 is 1.07 bits per heavy atom. The predicted molar refractivity (Wildman–Crippen MR) is 102 cm³/mol. The number of likely N-dealkylation sites (tertiary alicyclic amines) is 1. The highest BCUT2D eigenvalue weighted by atomic mass is 16.5. The van der Waals surface area contributed by atoms with Crippen molar-refractivity contribution in [2.45, 2.75) is 18.6 Å². The minimum Gasteiger partial charge on any atom is -0.487 e. The monoisotopic (exact) mass is 381 g/mol. The molecule has 2 amide bonds. The summed E-state index contributed by atoms with van der Waals surface area (Å²) in [5, 5.41) is 0. The van der Waals surface area contributed by atoms with Crippen molar-refractivity contribution in [1.82, 2.24) is 14.8 Å². The number of rotatable bonds is 4. The van der Waals surface area contributed by atoms with Crippen LogP contribution in [0, 0.1) is 0 Å². The maximum atomic E-state index is 13.2. The molecular formula is C21H23N3O4. The molecule has 2 fully saturated rings. The number of pyridine rings is 1. The van der Waals surface area contributed by atoms with Crippen LogP contribution in [-0.2, 0) is 9.53 Å². The van der Waals surface area contributed by atoms with E-state index in [1.54, 1.807) is 40.4 Å². The average Bonchev–Trinajstić information content (AvgIpc) is 3.18. The number of ether oxygens (including phenoxy) is 2. The van der Waals surface area contributed by atoms with Gasteiger partial charge >= 0.3 is 0 Å². The lowest BCUT2D eigenvalue weighted by Gasteiger charge is -2.32. The number of carbonyl (C=O) groups excluding carboxylic acids is 2. The molecule has 7 heteroatoms. The number of amides is 2. The van der Waals surface area contributed by atoms with Crippen molar-refractivity contribution in [2.24, 2.45) is 0 Å². The van der Waals surface area contributed by atoms with Crippen LogP contribution in [0.25, 0.3) is 0 Å². The number of hydrogen-bond acceptors (Lipinski definition) is 5. The number of benzene rings is 1. The minimum atomic E-state index is -0.535. The smallest absolute Gasteiger partial charge is 0.254 e. The summed E-state index contributed by atoms with van der Waals surface area (Å²) in [6.45, 7) is 2.53. The van der Waals surface area contributed by atoms with Crippen molar-refractivity contribution in [3.05, 3.63) is 60.4 Å². The van der Waals surface area contributed by atoms with Crippen LogP contribution in [0.2, 0.25) is 0 Å². The van der Waals surface area contributed by atoms with Gasteiger partial charge in [0.1, 0.15) is 17.9 Å². The summed E-state index contributed by atoms with van der Waals surface area (Å²) in [7, 11) is 0. The van der Waals surface area contributed by atoms with Crippen molar-refractivity contribution in [1.29, 1.82) is 0 Å². The first kappa shape index (κ1) is 18.4. The first-order chi connectivity index (χ1) is 13.7. The van der Waals surface area contributed by atoms with Gasteiger partial charge in [0.2, 0.25) is 5.91 Å². The van der Waals surface area contributed by atoms with Crippen molar-refractivity contribution >= 4 is 11.8 Å². The van der Waals surface area contributed by atoms with Gasteiger partial charge in [-0.05, 0) is 24.3 Å². The lowest BCUT2D eigenvalue weighted by atomic mass is 10.1. The van der Waals surface area contributed by atoms with Gasteiger partial charge in [-0.2, -0.15) is 0 Å². The fourth-order valence-corrected chi connectivity index (χ4v) is 3.69. The Morgan fingerprint density at radius 2 is 1.86 bits per heavy atom. The van der Waals surface area contributed by atoms with Crippen LogP contribution in [0.3, 0.4) is 0 Å². The highest BCUT2D eigenvalue weighted by Crippen LogP contribution is 2.26. The normalized spacial score (nSPS) is 22.1. The molecule has 0 aliphatic carbocycles. The largest absolute Gasteiger partial charge is 0.487 e. The maximum Gasteiger partial charge on any atom is 0.254 e. The number of nitrogens with zero attached hydrogens (tertiary/aromatic N) is 3. The molecule has 7 nitrogen and oxygen atoms in total. The summed E-state index contributed by atoms with van der Waals surface area (Å²) in [4.78, 5) is 33.8. The molecule has 28 heavy (non-hydrogen) atoms. The Bertz CT molecular complexity index is 809.